The first-order chi connectivity index (χ1) is 8.81. The summed E-state index contributed by atoms with van der Waals surface area (Å²) in [5, 5.41) is 2.96. The van der Waals surface area contributed by atoms with Gasteiger partial charge in [0.15, 0.2) is 11.6 Å². The molecule has 5 heteroatoms. The van der Waals surface area contributed by atoms with Gasteiger partial charge in [0, 0.05) is 18.3 Å². The summed E-state index contributed by atoms with van der Waals surface area (Å²) in [5.41, 5.74) is 0.116. The average molecular weight is 269 g/mol. The van der Waals surface area contributed by atoms with E-state index in [1.165, 1.54) is 19.2 Å². The standard InChI is InChI=1S/C14H20FNO3/c1-14(2,3)19-13(17)7-8-16-10-5-6-12(18-4)11(15)9-10/h5-6,9,16H,7-8H2,1-4H3. The molecule has 0 fully saturated rings. The Bertz CT molecular complexity index is 441. The van der Waals surface area contributed by atoms with Crippen LogP contribution in [0.2, 0.25) is 0 Å². The first-order valence-corrected chi connectivity index (χ1v) is 6.11. The van der Waals surface area contributed by atoms with Gasteiger partial charge in [-0.3, -0.25) is 4.79 Å². The number of hydrogen-bond acceptors (Lipinski definition) is 4. The van der Waals surface area contributed by atoms with Gasteiger partial charge in [0.1, 0.15) is 5.60 Å². The van der Waals surface area contributed by atoms with Gasteiger partial charge in [-0.2, -0.15) is 0 Å². The van der Waals surface area contributed by atoms with Crippen LogP contribution in [-0.4, -0.2) is 25.2 Å². The van der Waals surface area contributed by atoms with Crippen LogP contribution in [0.1, 0.15) is 27.2 Å². The lowest BCUT2D eigenvalue weighted by Gasteiger charge is -2.19. The fourth-order valence-electron chi connectivity index (χ4n) is 1.48. The molecule has 0 spiro atoms. The van der Waals surface area contributed by atoms with Gasteiger partial charge in [-0.15, -0.1) is 0 Å². The summed E-state index contributed by atoms with van der Waals surface area (Å²) in [6.07, 6.45) is 0.227. The topological polar surface area (TPSA) is 47.6 Å². The van der Waals surface area contributed by atoms with E-state index >= 15 is 0 Å². The van der Waals surface area contributed by atoms with E-state index in [1.54, 1.807) is 6.07 Å². The Labute approximate surface area is 112 Å². The Hall–Kier alpha value is -1.78. The summed E-state index contributed by atoms with van der Waals surface area (Å²) in [5.74, 6) is -0.531. The fourth-order valence-corrected chi connectivity index (χ4v) is 1.48. The van der Waals surface area contributed by atoms with Crippen molar-refractivity contribution < 1.29 is 18.7 Å². The van der Waals surface area contributed by atoms with Gasteiger partial charge in [-0.1, -0.05) is 0 Å². The minimum absolute atomic E-state index is 0.192. The van der Waals surface area contributed by atoms with Crippen LogP contribution >= 0.6 is 0 Å². The van der Waals surface area contributed by atoms with Gasteiger partial charge >= 0.3 is 5.97 Å². The number of esters is 1. The molecule has 1 N–H and O–H groups in total. The summed E-state index contributed by atoms with van der Waals surface area (Å²) in [6, 6.07) is 4.55. The van der Waals surface area contributed by atoms with Crippen molar-refractivity contribution in [2.75, 3.05) is 19.0 Å². The zero-order valence-corrected chi connectivity index (χ0v) is 11.7. The SMILES string of the molecule is COc1ccc(NCCC(=O)OC(C)(C)C)cc1F. The molecule has 0 aliphatic rings. The number of carbonyl (C=O) groups is 1. The fraction of sp³-hybridized carbons (Fsp3) is 0.500. The van der Waals surface area contributed by atoms with E-state index in [9.17, 15) is 9.18 Å². The van der Waals surface area contributed by atoms with Gasteiger partial charge < -0.3 is 14.8 Å². The molecule has 0 aliphatic heterocycles. The van der Waals surface area contributed by atoms with Gasteiger partial charge in [0.25, 0.3) is 0 Å². The molecule has 19 heavy (non-hydrogen) atoms. The number of nitrogens with one attached hydrogen (secondary N) is 1. The Kier molecular flexibility index (Phi) is 5.15. The van der Waals surface area contributed by atoms with Crippen molar-refractivity contribution in [3.05, 3.63) is 24.0 Å². The lowest BCUT2D eigenvalue weighted by Crippen LogP contribution is -2.25. The average Bonchev–Trinajstić information content (AvgIpc) is 2.26. The van der Waals surface area contributed by atoms with E-state index < -0.39 is 11.4 Å². The van der Waals surface area contributed by atoms with Gasteiger partial charge in [0.05, 0.1) is 13.5 Å². The van der Waals surface area contributed by atoms with Crippen LogP contribution < -0.4 is 10.1 Å². The van der Waals surface area contributed by atoms with Gasteiger partial charge in [-0.05, 0) is 32.9 Å². The van der Waals surface area contributed by atoms with E-state index in [4.69, 9.17) is 9.47 Å². The van der Waals surface area contributed by atoms with Crippen molar-refractivity contribution >= 4 is 11.7 Å². The summed E-state index contributed by atoms with van der Waals surface area (Å²) in [6.45, 7) is 5.84. The lowest BCUT2D eigenvalue weighted by molar-refractivity contribution is -0.154. The van der Waals surface area contributed by atoms with Crippen molar-refractivity contribution in [2.45, 2.75) is 32.8 Å². The molecule has 0 bridgehead atoms. The van der Waals surface area contributed by atoms with Crippen molar-refractivity contribution in [2.24, 2.45) is 0 Å². The maximum Gasteiger partial charge on any atom is 0.308 e. The van der Waals surface area contributed by atoms with Gasteiger partial charge in [0.2, 0.25) is 0 Å². The number of methoxy groups -OCH3 is 1. The third-order valence-corrected chi connectivity index (χ3v) is 2.23. The summed E-state index contributed by atoms with van der Waals surface area (Å²) < 4.78 is 23.4. The number of hydrogen-bond donors (Lipinski definition) is 1. The molecule has 1 aromatic carbocycles. The Morgan fingerprint density at radius 1 is 1.37 bits per heavy atom. The first-order valence-electron chi connectivity index (χ1n) is 6.11. The number of carbonyl (C=O) groups excluding carboxylic acids is 1. The summed E-state index contributed by atoms with van der Waals surface area (Å²) in [7, 11) is 1.41. The van der Waals surface area contributed by atoms with Crippen molar-refractivity contribution in [1.82, 2.24) is 0 Å². The van der Waals surface area contributed by atoms with Crippen molar-refractivity contribution in [3.8, 4) is 5.75 Å². The third-order valence-electron chi connectivity index (χ3n) is 2.23. The van der Waals surface area contributed by atoms with E-state index in [2.05, 4.69) is 5.32 Å². The zero-order valence-electron chi connectivity index (χ0n) is 11.7. The molecule has 0 atom stereocenters. The highest BCUT2D eigenvalue weighted by atomic mass is 19.1. The normalized spacial score (nSPS) is 11.0. The molecule has 1 rings (SSSR count). The molecule has 0 heterocycles. The number of rotatable bonds is 5. The highest BCUT2D eigenvalue weighted by molar-refractivity contribution is 5.70. The molecule has 0 aromatic heterocycles. The summed E-state index contributed by atoms with van der Waals surface area (Å²) in [4.78, 5) is 11.5. The molecule has 0 unspecified atom stereocenters. The molecule has 106 valence electrons. The Morgan fingerprint density at radius 2 is 2.05 bits per heavy atom. The number of anilines is 1. The van der Waals surface area contributed by atoms with E-state index in [0.29, 0.717) is 12.2 Å². The molecule has 0 radical (unpaired) electrons. The highest BCUT2D eigenvalue weighted by Gasteiger charge is 2.15. The second kappa shape index (κ2) is 6.41. The van der Waals surface area contributed by atoms with E-state index in [-0.39, 0.29) is 18.1 Å². The Balaban J connectivity index is 2.41. The molecule has 0 saturated carbocycles. The third kappa shape index (κ3) is 5.59. The quantitative estimate of drug-likeness (QED) is 0.835. The predicted octanol–water partition coefficient (Wildman–Crippen LogP) is 2.98. The number of ether oxygens (including phenoxy) is 2. The molecule has 0 saturated heterocycles. The van der Waals surface area contributed by atoms with Crippen LogP contribution in [0.25, 0.3) is 0 Å². The maximum atomic E-state index is 13.4. The first kappa shape index (κ1) is 15.3. The van der Waals surface area contributed by atoms with Crippen LogP contribution in [0.15, 0.2) is 18.2 Å². The molecule has 1 aromatic rings. The molecule has 0 aliphatic carbocycles. The van der Waals surface area contributed by atoms with Crippen molar-refractivity contribution in [1.29, 1.82) is 0 Å². The summed E-state index contributed by atoms with van der Waals surface area (Å²) >= 11 is 0. The zero-order chi connectivity index (χ0) is 14.5. The molecule has 4 nitrogen and oxygen atoms in total. The van der Waals surface area contributed by atoms with Crippen molar-refractivity contribution in [3.63, 3.8) is 0 Å². The minimum Gasteiger partial charge on any atom is -0.494 e. The largest absolute Gasteiger partial charge is 0.494 e. The molecular formula is C14H20FNO3. The second-order valence-corrected chi connectivity index (χ2v) is 5.11. The smallest absolute Gasteiger partial charge is 0.308 e. The number of halogens is 1. The molecule has 0 amide bonds. The predicted molar refractivity (Wildman–Crippen MR) is 71.9 cm³/mol. The van der Waals surface area contributed by atoms with Crippen LogP contribution in [0, 0.1) is 5.82 Å². The lowest BCUT2D eigenvalue weighted by atomic mass is 10.2. The minimum atomic E-state index is -0.483. The monoisotopic (exact) mass is 269 g/mol. The van der Waals surface area contributed by atoms with Gasteiger partial charge in [-0.25, -0.2) is 4.39 Å². The Morgan fingerprint density at radius 3 is 2.58 bits per heavy atom. The van der Waals surface area contributed by atoms with Crippen LogP contribution in [0.3, 0.4) is 0 Å². The maximum absolute atomic E-state index is 13.4. The van der Waals surface area contributed by atoms with E-state index in [0.717, 1.165) is 0 Å². The number of benzene rings is 1. The van der Waals surface area contributed by atoms with E-state index in [1.807, 2.05) is 20.8 Å². The second-order valence-electron chi connectivity index (χ2n) is 5.11. The van der Waals surface area contributed by atoms with Crippen LogP contribution in [0.4, 0.5) is 10.1 Å². The highest BCUT2D eigenvalue weighted by Crippen LogP contribution is 2.20. The van der Waals surface area contributed by atoms with Crippen LogP contribution in [0.5, 0.6) is 5.75 Å². The van der Waals surface area contributed by atoms with Crippen LogP contribution in [-0.2, 0) is 9.53 Å². The molecular weight excluding hydrogens is 249 g/mol.